The lowest BCUT2D eigenvalue weighted by molar-refractivity contribution is 0.279. The summed E-state index contributed by atoms with van der Waals surface area (Å²) in [5.74, 6) is 0.621. The summed E-state index contributed by atoms with van der Waals surface area (Å²) in [4.78, 5) is 0. The van der Waals surface area contributed by atoms with Crippen LogP contribution in [0, 0.1) is 5.82 Å². The van der Waals surface area contributed by atoms with Crippen molar-refractivity contribution in [1.29, 1.82) is 0 Å². The Morgan fingerprint density at radius 1 is 0.857 bits per heavy atom. The van der Waals surface area contributed by atoms with Gasteiger partial charge in [0.05, 0.1) is 17.2 Å². The Bertz CT molecular complexity index is 982. The van der Waals surface area contributed by atoms with Crippen molar-refractivity contribution < 1.29 is 13.9 Å². The third-order valence-corrected chi connectivity index (χ3v) is 5.17. The van der Waals surface area contributed by atoms with Crippen molar-refractivity contribution in [3.05, 3.63) is 86.6 Å². The SMILES string of the molecule is COc1cc(CNc2ccc(Cl)c(Cl)c2)c(Cl)cc1OCc1ccccc1F. The van der Waals surface area contributed by atoms with Gasteiger partial charge in [0.15, 0.2) is 11.5 Å². The van der Waals surface area contributed by atoms with Crippen LogP contribution in [0.3, 0.4) is 0 Å². The Morgan fingerprint density at radius 2 is 1.64 bits per heavy atom. The Balaban J connectivity index is 1.73. The number of hydrogen-bond acceptors (Lipinski definition) is 3. The van der Waals surface area contributed by atoms with Gasteiger partial charge in [-0.25, -0.2) is 4.39 Å². The largest absolute Gasteiger partial charge is 0.493 e. The minimum Gasteiger partial charge on any atom is -0.493 e. The van der Waals surface area contributed by atoms with Crippen molar-refractivity contribution in [3.63, 3.8) is 0 Å². The number of rotatable bonds is 7. The molecule has 0 atom stereocenters. The van der Waals surface area contributed by atoms with E-state index in [1.807, 2.05) is 6.07 Å². The summed E-state index contributed by atoms with van der Waals surface area (Å²) in [5.41, 5.74) is 2.07. The van der Waals surface area contributed by atoms with Gasteiger partial charge in [0.25, 0.3) is 0 Å². The second-order valence-electron chi connectivity index (χ2n) is 5.96. The van der Waals surface area contributed by atoms with E-state index in [1.54, 1.807) is 42.5 Å². The van der Waals surface area contributed by atoms with Crippen LogP contribution in [0.1, 0.15) is 11.1 Å². The summed E-state index contributed by atoms with van der Waals surface area (Å²) < 4.78 is 24.9. The van der Waals surface area contributed by atoms with Gasteiger partial charge in [-0.3, -0.25) is 0 Å². The summed E-state index contributed by atoms with van der Waals surface area (Å²) in [6.07, 6.45) is 0. The molecular weight excluding hydrogens is 424 g/mol. The van der Waals surface area contributed by atoms with Gasteiger partial charge < -0.3 is 14.8 Å². The predicted octanol–water partition coefficient (Wildman–Crippen LogP) is 6.99. The monoisotopic (exact) mass is 439 g/mol. The zero-order valence-corrected chi connectivity index (χ0v) is 17.2. The van der Waals surface area contributed by atoms with Crippen LogP contribution in [0.4, 0.5) is 10.1 Å². The highest BCUT2D eigenvalue weighted by Gasteiger charge is 2.12. The highest BCUT2D eigenvalue weighted by atomic mass is 35.5. The molecule has 28 heavy (non-hydrogen) atoms. The summed E-state index contributed by atoms with van der Waals surface area (Å²) in [6.45, 7) is 0.515. The number of benzene rings is 3. The topological polar surface area (TPSA) is 30.5 Å². The van der Waals surface area contributed by atoms with Gasteiger partial charge >= 0.3 is 0 Å². The first-order valence-corrected chi connectivity index (χ1v) is 9.53. The summed E-state index contributed by atoms with van der Waals surface area (Å²) >= 11 is 18.4. The number of halogens is 4. The molecule has 0 radical (unpaired) electrons. The van der Waals surface area contributed by atoms with Gasteiger partial charge in [-0.15, -0.1) is 0 Å². The van der Waals surface area contributed by atoms with Crippen molar-refractivity contribution in [1.82, 2.24) is 0 Å². The van der Waals surface area contributed by atoms with Crippen LogP contribution in [-0.2, 0) is 13.2 Å². The van der Waals surface area contributed by atoms with Crippen molar-refractivity contribution >= 4 is 40.5 Å². The smallest absolute Gasteiger partial charge is 0.163 e. The lowest BCUT2D eigenvalue weighted by Crippen LogP contribution is -2.03. The van der Waals surface area contributed by atoms with Gasteiger partial charge in [-0.2, -0.15) is 0 Å². The van der Waals surface area contributed by atoms with E-state index in [2.05, 4.69) is 5.32 Å². The maximum atomic E-state index is 13.8. The number of methoxy groups -OCH3 is 1. The molecule has 0 aliphatic rings. The molecule has 0 aliphatic carbocycles. The number of hydrogen-bond donors (Lipinski definition) is 1. The average Bonchev–Trinajstić information content (AvgIpc) is 2.69. The molecule has 146 valence electrons. The molecule has 0 heterocycles. The van der Waals surface area contributed by atoms with Gasteiger partial charge in [-0.05, 0) is 35.9 Å². The van der Waals surface area contributed by atoms with Crippen molar-refractivity contribution in [2.45, 2.75) is 13.2 Å². The standard InChI is InChI=1S/C21H17Cl3FNO2/c1-27-20-8-14(11-26-15-6-7-16(22)18(24)9-15)17(23)10-21(20)28-12-13-4-2-3-5-19(13)25/h2-10,26H,11-12H2,1H3. The molecule has 3 nitrogen and oxygen atoms in total. The zero-order chi connectivity index (χ0) is 20.1. The highest BCUT2D eigenvalue weighted by molar-refractivity contribution is 6.42. The van der Waals surface area contributed by atoms with Crippen molar-refractivity contribution in [2.75, 3.05) is 12.4 Å². The first kappa shape index (κ1) is 20.6. The Labute approximate surface area is 177 Å². The first-order chi connectivity index (χ1) is 13.5. The van der Waals surface area contributed by atoms with Crippen LogP contribution in [0.25, 0.3) is 0 Å². The third-order valence-electron chi connectivity index (χ3n) is 4.08. The molecule has 3 aromatic carbocycles. The van der Waals surface area contributed by atoms with Crippen LogP contribution < -0.4 is 14.8 Å². The summed E-state index contributed by atoms with van der Waals surface area (Å²) in [6, 6.07) is 15.2. The van der Waals surface area contributed by atoms with Crippen LogP contribution in [0.15, 0.2) is 54.6 Å². The molecule has 0 spiro atoms. The molecule has 0 fully saturated rings. The summed E-state index contributed by atoms with van der Waals surface area (Å²) in [7, 11) is 1.54. The lowest BCUT2D eigenvalue weighted by atomic mass is 10.2. The average molecular weight is 441 g/mol. The number of ether oxygens (including phenoxy) is 2. The van der Waals surface area contributed by atoms with Crippen molar-refractivity contribution in [2.24, 2.45) is 0 Å². The van der Waals surface area contributed by atoms with Crippen LogP contribution in [0.5, 0.6) is 11.5 Å². The van der Waals surface area contributed by atoms with E-state index in [9.17, 15) is 4.39 Å². The quantitative estimate of drug-likeness (QED) is 0.429. The molecule has 0 bridgehead atoms. The fraction of sp³-hybridized carbons (Fsp3) is 0.143. The Morgan fingerprint density at radius 3 is 2.36 bits per heavy atom. The molecule has 3 rings (SSSR count). The Hall–Kier alpha value is -2.14. The normalized spacial score (nSPS) is 10.6. The molecule has 0 aromatic heterocycles. The molecule has 7 heteroatoms. The van der Waals surface area contributed by atoms with Gasteiger partial charge in [0.2, 0.25) is 0 Å². The first-order valence-electron chi connectivity index (χ1n) is 8.39. The zero-order valence-electron chi connectivity index (χ0n) is 14.9. The molecular formula is C21H17Cl3FNO2. The fourth-order valence-corrected chi connectivity index (χ4v) is 3.08. The van der Waals surface area contributed by atoms with Gasteiger partial charge in [0, 0.05) is 28.9 Å². The van der Waals surface area contributed by atoms with E-state index >= 15 is 0 Å². The number of nitrogens with one attached hydrogen (secondary N) is 1. The van der Waals surface area contributed by atoms with Gasteiger partial charge in [-0.1, -0.05) is 53.0 Å². The number of anilines is 1. The maximum Gasteiger partial charge on any atom is 0.163 e. The van der Waals surface area contributed by atoms with Crippen LogP contribution >= 0.6 is 34.8 Å². The van der Waals surface area contributed by atoms with E-state index in [1.165, 1.54) is 13.2 Å². The second kappa shape index (κ2) is 9.37. The third kappa shape index (κ3) is 5.02. The maximum absolute atomic E-state index is 13.8. The van der Waals surface area contributed by atoms with Gasteiger partial charge in [0.1, 0.15) is 12.4 Å². The lowest BCUT2D eigenvalue weighted by Gasteiger charge is -2.15. The highest BCUT2D eigenvalue weighted by Crippen LogP contribution is 2.34. The van der Waals surface area contributed by atoms with E-state index in [-0.39, 0.29) is 12.4 Å². The molecule has 0 amide bonds. The molecule has 0 saturated heterocycles. The minimum absolute atomic E-state index is 0.0697. The van der Waals surface area contributed by atoms with Crippen LogP contribution in [-0.4, -0.2) is 7.11 Å². The minimum atomic E-state index is -0.324. The molecule has 1 N–H and O–H groups in total. The molecule has 0 saturated carbocycles. The molecule has 3 aromatic rings. The molecule has 0 aliphatic heterocycles. The van der Waals surface area contributed by atoms with E-state index in [0.717, 1.165) is 11.3 Å². The second-order valence-corrected chi connectivity index (χ2v) is 7.18. The Kier molecular flexibility index (Phi) is 6.89. The van der Waals surface area contributed by atoms with E-state index < -0.39 is 0 Å². The van der Waals surface area contributed by atoms with Crippen LogP contribution in [0.2, 0.25) is 15.1 Å². The van der Waals surface area contributed by atoms with E-state index in [0.29, 0.717) is 38.7 Å². The summed E-state index contributed by atoms with van der Waals surface area (Å²) in [5, 5.41) is 4.68. The van der Waals surface area contributed by atoms with Crippen molar-refractivity contribution in [3.8, 4) is 11.5 Å². The fourth-order valence-electron chi connectivity index (χ4n) is 2.56. The van der Waals surface area contributed by atoms with E-state index in [4.69, 9.17) is 44.3 Å². The molecule has 0 unspecified atom stereocenters. The predicted molar refractivity (Wildman–Crippen MR) is 113 cm³/mol.